The Bertz CT molecular complexity index is 700. The molecule has 3 rings (SSSR count). The first kappa shape index (κ1) is 14.6. The van der Waals surface area contributed by atoms with E-state index in [1.54, 1.807) is 18.2 Å². The van der Waals surface area contributed by atoms with Gasteiger partial charge in [0.1, 0.15) is 5.58 Å². The quantitative estimate of drug-likeness (QED) is 0.906. The highest BCUT2D eigenvalue weighted by Crippen LogP contribution is 2.24. The first-order valence-electron chi connectivity index (χ1n) is 7.26. The predicted octanol–water partition coefficient (Wildman–Crippen LogP) is 2.89. The maximum absolute atomic E-state index is 12.1. The SMILES string of the molecule is O=C(CC1CCOCC1)Nc1ccc2oc(C(=O)O)cc2c1. The number of carbonyl (C=O) groups is 2. The summed E-state index contributed by atoms with van der Waals surface area (Å²) >= 11 is 0. The van der Waals surface area contributed by atoms with Crippen molar-refractivity contribution in [3.63, 3.8) is 0 Å². The van der Waals surface area contributed by atoms with Gasteiger partial charge in [0.25, 0.3) is 0 Å². The van der Waals surface area contributed by atoms with E-state index >= 15 is 0 Å². The van der Waals surface area contributed by atoms with Crippen LogP contribution in [0.5, 0.6) is 0 Å². The van der Waals surface area contributed by atoms with Crippen LogP contribution in [0.2, 0.25) is 0 Å². The number of anilines is 1. The van der Waals surface area contributed by atoms with Crippen molar-refractivity contribution in [3.05, 3.63) is 30.0 Å². The van der Waals surface area contributed by atoms with E-state index in [9.17, 15) is 9.59 Å². The zero-order valence-corrected chi connectivity index (χ0v) is 12.0. The van der Waals surface area contributed by atoms with Gasteiger partial charge in [-0.3, -0.25) is 4.79 Å². The number of hydrogen-bond acceptors (Lipinski definition) is 4. The van der Waals surface area contributed by atoms with Gasteiger partial charge in [-0.15, -0.1) is 0 Å². The Morgan fingerprint density at radius 1 is 1.23 bits per heavy atom. The largest absolute Gasteiger partial charge is 0.475 e. The van der Waals surface area contributed by atoms with Gasteiger partial charge < -0.3 is 19.6 Å². The Hall–Kier alpha value is -2.34. The molecule has 1 aromatic heterocycles. The Kier molecular flexibility index (Phi) is 4.11. The van der Waals surface area contributed by atoms with Gasteiger partial charge in [0.15, 0.2) is 0 Å². The summed E-state index contributed by atoms with van der Waals surface area (Å²) in [5.74, 6) is -0.889. The van der Waals surface area contributed by atoms with E-state index in [0.29, 0.717) is 29.0 Å². The molecule has 6 heteroatoms. The average molecular weight is 303 g/mol. The van der Waals surface area contributed by atoms with Crippen molar-refractivity contribution in [3.8, 4) is 0 Å². The maximum Gasteiger partial charge on any atom is 0.371 e. The van der Waals surface area contributed by atoms with Crippen molar-refractivity contribution >= 4 is 28.5 Å². The van der Waals surface area contributed by atoms with Gasteiger partial charge >= 0.3 is 5.97 Å². The first-order chi connectivity index (χ1) is 10.6. The summed E-state index contributed by atoms with van der Waals surface area (Å²) in [4.78, 5) is 22.9. The van der Waals surface area contributed by atoms with Gasteiger partial charge in [-0.2, -0.15) is 0 Å². The third kappa shape index (κ3) is 3.28. The van der Waals surface area contributed by atoms with Crippen LogP contribution in [0.3, 0.4) is 0 Å². The molecule has 0 aliphatic carbocycles. The fraction of sp³-hybridized carbons (Fsp3) is 0.375. The number of rotatable bonds is 4. The smallest absolute Gasteiger partial charge is 0.371 e. The van der Waals surface area contributed by atoms with Gasteiger partial charge in [0, 0.05) is 30.7 Å². The topological polar surface area (TPSA) is 88.8 Å². The van der Waals surface area contributed by atoms with Crippen LogP contribution in [-0.4, -0.2) is 30.2 Å². The molecule has 0 bridgehead atoms. The number of aromatic carboxylic acids is 1. The standard InChI is InChI=1S/C16H17NO5/c18-15(7-10-3-5-21-6-4-10)17-12-1-2-13-11(8-12)9-14(22-13)16(19)20/h1-2,8-10H,3-7H2,(H,17,18)(H,19,20). The Balaban J connectivity index is 1.67. The molecule has 1 aliphatic rings. The summed E-state index contributed by atoms with van der Waals surface area (Å²) in [6.07, 6.45) is 2.31. The molecular weight excluding hydrogens is 286 g/mol. The zero-order chi connectivity index (χ0) is 15.5. The molecule has 2 heterocycles. The molecule has 1 aromatic carbocycles. The third-order valence-corrected chi connectivity index (χ3v) is 3.83. The third-order valence-electron chi connectivity index (χ3n) is 3.83. The number of hydrogen-bond donors (Lipinski definition) is 2. The van der Waals surface area contributed by atoms with Crippen LogP contribution >= 0.6 is 0 Å². The van der Waals surface area contributed by atoms with Crippen molar-refractivity contribution in [1.29, 1.82) is 0 Å². The second-order valence-corrected chi connectivity index (χ2v) is 5.48. The fourth-order valence-electron chi connectivity index (χ4n) is 2.65. The molecule has 116 valence electrons. The van der Waals surface area contributed by atoms with E-state index in [0.717, 1.165) is 26.1 Å². The van der Waals surface area contributed by atoms with E-state index < -0.39 is 5.97 Å². The molecule has 0 atom stereocenters. The Morgan fingerprint density at radius 3 is 2.73 bits per heavy atom. The number of benzene rings is 1. The molecule has 6 nitrogen and oxygen atoms in total. The molecule has 1 aliphatic heterocycles. The van der Waals surface area contributed by atoms with Crippen LogP contribution in [-0.2, 0) is 9.53 Å². The summed E-state index contributed by atoms with van der Waals surface area (Å²) in [7, 11) is 0. The molecule has 0 spiro atoms. The van der Waals surface area contributed by atoms with Crippen molar-refractivity contribution in [2.75, 3.05) is 18.5 Å². The minimum Gasteiger partial charge on any atom is -0.475 e. The minimum absolute atomic E-state index is 0.0341. The van der Waals surface area contributed by atoms with Crippen molar-refractivity contribution < 1.29 is 23.8 Å². The summed E-state index contributed by atoms with van der Waals surface area (Å²) in [6.45, 7) is 1.44. The van der Waals surface area contributed by atoms with Gasteiger partial charge in [0.2, 0.25) is 11.7 Å². The lowest BCUT2D eigenvalue weighted by molar-refractivity contribution is -0.117. The molecule has 2 N–H and O–H groups in total. The van der Waals surface area contributed by atoms with E-state index in [1.165, 1.54) is 6.07 Å². The van der Waals surface area contributed by atoms with E-state index in [4.69, 9.17) is 14.3 Å². The predicted molar refractivity (Wildman–Crippen MR) is 80.0 cm³/mol. The number of carbonyl (C=O) groups excluding carboxylic acids is 1. The molecule has 0 radical (unpaired) electrons. The fourth-order valence-corrected chi connectivity index (χ4v) is 2.65. The number of carboxylic acid groups (broad SMARTS) is 1. The van der Waals surface area contributed by atoms with Gasteiger partial charge in [0.05, 0.1) is 0 Å². The van der Waals surface area contributed by atoms with Gasteiger partial charge in [-0.05, 0) is 43.0 Å². The van der Waals surface area contributed by atoms with Crippen LogP contribution in [0, 0.1) is 5.92 Å². The lowest BCUT2D eigenvalue weighted by atomic mass is 9.96. The number of nitrogens with one attached hydrogen (secondary N) is 1. The Morgan fingerprint density at radius 2 is 2.00 bits per heavy atom. The molecule has 0 saturated carbocycles. The second-order valence-electron chi connectivity index (χ2n) is 5.48. The molecule has 1 fully saturated rings. The highest BCUT2D eigenvalue weighted by molar-refractivity contribution is 5.96. The number of amides is 1. The first-order valence-corrected chi connectivity index (χ1v) is 7.26. The molecular formula is C16H17NO5. The van der Waals surface area contributed by atoms with Crippen LogP contribution in [0.25, 0.3) is 11.0 Å². The number of fused-ring (bicyclic) bond motifs is 1. The normalized spacial score (nSPS) is 15.8. The lowest BCUT2D eigenvalue weighted by Crippen LogP contribution is -2.22. The molecule has 22 heavy (non-hydrogen) atoms. The summed E-state index contributed by atoms with van der Waals surface area (Å²) in [5, 5.41) is 12.4. The summed E-state index contributed by atoms with van der Waals surface area (Å²) < 4.78 is 10.5. The number of ether oxygens (including phenoxy) is 1. The van der Waals surface area contributed by atoms with Gasteiger partial charge in [-0.1, -0.05) is 0 Å². The number of furan rings is 1. The molecule has 2 aromatic rings. The highest BCUT2D eigenvalue weighted by Gasteiger charge is 2.18. The summed E-state index contributed by atoms with van der Waals surface area (Å²) in [6, 6.07) is 6.53. The molecule has 0 unspecified atom stereocenters. The monoisotopic (exact) mass is 303 g/mol. The average Bonchev–Trinajstić information content (AvgIpc) is 2.91. The number of carboxylic acids is 1. The van der Waals surface area contributed by atoms with Crippen molar-refractivity contribution in [2.24, 2.45) is 5.92 Å². The molecule has 1 saturated heterocycles. The van der Waals surface area contributed by atoms with Crippen LogP contribution in [0.4, 0.5) is 5.69 Å². The van der Waals surface area contributed by atoms with Crippen molar-refractivity contribution in [1.82, 2.24) is 0 Å². The second kappa shape index (κ2) is 6.19. The van der Waals surface area contributed by atoms with Gasteiger partial charge in [-0.25, -0.2) is 4.79 Å². The maximum atomic E-state index is 12.1. The van der Waals surface area contributed by atoms with Crippen LogP contribution in [0.1, 0.15) is 29.8 Å². The van der Waals surface area contributed by atoms with Crippen LogP contribution in [0.15, 0.2) is 28.7 Å². The Labute approximate surface area is 127 Å². The van der Waals surface area contributed by atoms with Crippen LogP contribution < -0.4 is 5.32 Å². The summed E-state index contributed by atoms with van der Waals surface area (Å²) in [5.41, 5.74) is 1.13. The van der Waals surface area contributed by atoms with Crippen molar-refractivity contribution in [2.45, 2.75) is 19.3 Å². The minimum atomic E-state index is -1.11. The lowest BCUT2D eigenvalue weighted by Gasteiger charge is -2.21. The van der Waals surface area contributed by atoms with E-state index in [1.807, 2.05) is 0 Å². The zero-order valence-electron chi connectivity index (χ0n) is 12.0. The highest BCUT2D eigenvalue weighted by atomic mass is 16.5. The molecule has 1 amide bonds. The van der Waals surface area contributed by atoms with E-state index in [2.05, 4.69) is 5.32 Å². The van der Waals surface area contributed by atoms with E-state index in [-0.39, 0.29) is 11.7 Å².